The fraction of sp³-hybridized carbons (Fsp3) is 0.240. The van der Waals surface area contributed by atoms with Crippen molar-refractivity contribution >= 4 is 33.8 Å². The zero-order valence-electron chi connectivity index (χ0n) is 17.7. The van der Waals surface area contributed by atoms with Crippen LogP contribution < -0.4 is 5.73 Å². The van der Waals surface area contributed by atoms with Gasteiger partial charge in [-0.15, -0.1) is 0 Å². The lowest BCUT2D eigenvalue weighted by molar-refractivity contribution is 0.0650. The Morgan fingerprint density at radius 1 is 1.06 bits per heavy atom. The van der Waals surface area contributed by atoms with Gasteiger partial charge in [0.15, 0.2) is 0 Å². The number of likely N-dealkylation sites (tertiary alicyclic amines) is 2. The molecule has 7 heteroatoms. The van der Waals surface area contributed by atoms with Crippen molar-refractivity contribution in [2.24, 2.45) is 5.73 Å². The SMILES string of the molecule is CN1C[C@@H]2C[C@H]1CN2C(=O)c1ccc2c(c1)[nH]c1c(C(N)=O)cc(-c3ccccc3)nc12. The molecule has 2 aromatic heterocycles. The summed E-state index contributed by atoms with van der Waals surface area (Å²) >= 11 is 0. The molecule has 0 unspecified atom stereocenters. The van der Waals surface area contributed by atoms with Crippen LogP contribution in [-0.2, 0) is 0 Å². The number of piperazine rings is 1. The molecule has 0 radical (unpaired) electrons. The number of H-pyrrole nitrogens is 1. The van der Waals surface area contributed by atoms with E-state index in [9.17, 15) is 9.59 Å². The minimum absolute atomic E-state index is 0.0548. The zero-order valence-corrected chi connectivity index (χ0v) is 17.7. The first-order valence-corrected chi connectivity index (χ1v) is 10.8. The third-order valence-corrected chi connectivity index (χ3v) is 6.91. The van der Waals surface area contributed by atoms with E-state index in [1.54, 1.807) is 6.07 Å². The first-order valence-electron chi connectivity index (χ1n) is 10.8. The summed E-state index contributed by atoms with van der Waals surface area (Å²) in [4.78, 5) is 37.9. The average Bonchev–Trinajstić information content (AvgIpc) is 3.49. The number of primary amides is 1. The van der Waals surface area contributed by atoms with Crippen molar-refractivity contribution in [3.63, 3.8) is 0 Å². The molecule has 2 aromatic carbocycles. The number of rotatable bonds is 3. The molecule has 0 spiro atoms. The number of likely N-dealkylation sites (N-methyl/N-ethyl adjacent to an activating group) is 1. The van der Waals surface area contributed by atoms with Crippen LogP contribution in [0.3, 0.4) is 0 Å². The lowest BCUT2D eigenvalue weighted by Crippen LogP contribution is -2.47. The van der Waals surface area contributed by atoms with Crippen LogP contribution in [0.1, 0.15) is 27.1 Å². The number of carbonyl (C=O) groups excluding carboxylic acids is 2. The lowest BCUT2D eigenvalue weighted by atomic mass is 10.1. The zero-order chi connectivity index (χ0) is 22.0. The van der Waals surface area contributed by atoms with Crippen molar-refractivity contribution in [2.45, 2.75) is 18.5 Å². The third-order valence-electron chi connectivity index (χ3n) is 6.91. The number of pyridine rings is 1. The Kier molecular flexibility index (Phi) is 4.10. The Hall–Kier alpha value is -3.71. The molecule has 2 fully saturated rings. The molecule has 2 atom stereocenters. The summed E-state index contributed by atoms with van der Waals surface area (Å²) in [6.07, 6.45) is 1.05. The van der Waals surface area contributed by atoms with E-state index in [-0.39, 0.29) is 11.9 Å². The second-order valence-electron chi connectivity index (χ2n) is 8.83. The van der Waals surface area contributed by atoms with Crippen molar-refractivity contribution in [1.29, 1.82) is 0 Å². The summed E-state index contributed by atoms with van der Waals surface area (Å²) < 4.78 is 0. The number of carbonyl (C=O) groups is 2. The number of fused-ring (bicyclic) bond motifs is 5. The van der Waals surface area contributed by atoms with Gasteiger partial charge in [0.05, 0.1) is 22.3 Å². The standard InChI is InChI=1S/C25H23N5O2/c1-29-12-17-10-16(29)13-30(17)25(32)15-7-8-18-21(9-15)28-23-19(24(26)31)11-20(27-22(18)23)14-5-3-2-4-6-14/h2-9,11,16-17,28H,10,12-13H2,1H3,(H2,26,31)/t16-,17-/m0/s1. The number of hydrogen-bond acceptors (Lipinski definition) is 4. The molecule has 2 aliphatic rings. The van der Waals surface area contributed by atoms with E-state index in [1.807, 2.05) is 53.4 Å². The number of nitrogens with zero attached hydrogens (tertiary/aromatic N) is 3. The summed E-state index contributed by atoms with van der Waals surface area (Å²) in [5, 5.41) is 0.861. The topological polar surface area (TPSA) is 95.3 Å². The van der Waals surface area contributed by atoms with Gasteiger partial charge in [0.1, 0.15) is 0 Å². The van der Waals surface area contributed by atoms with Gasteiger partial charge in [0, 0.05) is 47.2 Å². The van der Waals surface area contributed by atoms with Crippen LogP contribution in [0.5, 0.6) is 0 Å². The summed E-state index contributed by atoms with van der Waals surface area (Å²) in [6, 6.07) is 17.8. The number of benzene rings is 2. The molecule has 2 aliphatic heterocycles. The van der Waals surface area contributed by atoms with E-state index >= 15 is 0 Å². The van der Waals surface area contributed by atoms with Crippen LogP contribution in [0.2, 0.25) is 0 Å². The molecule has 32 heavy (non-hydrogen) atoms. The van der Waals surface area contributed by atoms with E-state index in [2.05, 4.69) is 16.9 Å². The van der Waals surface area contributed by atoms with Gasteiger partial charge in [-0.05, 0) is 37.7 Å². The molecular weight excluding hydrogens is 402 g/mol. The van der Waals surface area contributed by atoms with E-state index in [0.29, 0.717) is 33.9 Å². The Morgan fingerprint density at radius 3 is 2.56 bits per heavy atom. The minimum Gasteiger partial charge on any atom is -0.366 e. The molecule has 3 N–H and O–H groups in total. The number of hydrogen-bond donors (Lipinski definition) is 2. The van der Waals surface area contributed by atoms with E-state index in [4.69, 9.17) is 10.7 Å². The molecular formula is C25H23N5O2. The highest BCUT2D eigenvalue weighted by Crippen LogP contribution is 2.33. The van der Waals surface area contributed by atoms with Crippen molar-refractivity contribution in [2.75, 3.05) is 20.1 Å². The molecule has 4 aromatic rings. The molecule has 2 amide bonds. The van der Waals surface area contributed by atoms with Crippen LogP contribution in [0.4, 0.5) is 0 Å². The highest BCUT2D eigenvalue weighted by Gasteiger charge is 2.43. The van der Waals surface area contributed by atoms with Gasteiger partial charge >= 0.3 is 0 Å². The lowest BCUT2D eigenvalue weighted by Gasteiger charge is -2.32. The van der Waals surface area contributed by atoms with Gasteiger partial charge in [-0.3, -0.25) is 14.5 Å². The Morgan fingerprint density at radius 2 is 1.88 bits per heavy atom. The summed E-state index contributed by atoms with van der Waals surface area (Å²) in [7, 11) is 2.12. The predicted molar refractivity (Wildman–Crippen MR) is 123 cm³/mol. The predicted octanol–water partition coefficient (Wildman–Crippen LogP) is 3.01. The minimum atomic E-state index is -0.519. The third kappa shape index (κ3) is 2.81. The van der Waals surface area contributed by atoms with Crippen molar-refractivity contribution in [3.8, 4) is 11.3 Å². The van der Waals surface area contributed by atoms with Crippen LogP contribution in [0.15, 0.2) is 54.6 Å². The highest BCUT2D eigenvalue weighted by atomic mass is 16.2. The quantitative estimate of drug-likeness (QED) is 0.527. The van der Waals surface area contributed by atoms with Crippen LogP contribution in [0, 0.1) is 0 Å². The van der Waals surface area contributed by atoms with E-state index in [0.717, 1.165) is 36.0 Å². The van der Waals surface area contributed by atoms with Gasteiger partial charge in [0.2, 0.25) is 0 Å². The largest absolute Gasteiger partial charge is 0.366 e. The number of aromatic amines is 1. The summed E-state index contributed by atoms with van der Waals surface area (Å²) in [6.45, 7) is 1.71. The molecule has 0 saturated carbocycles. The number of aromatic nitrogens is 2. The molecule has 2 saturated heterocycles. The Balaban J connectivity index is 1.45. The van der Waals surface area contributed by atoms with Crippen LogP contribution in [0.25, 0.3) is 33.2 Å². The molecule has 2 bridgehead atoms. The number of nitrogens with two attached hydrogens (primary N) is 1. The monoisotopic (exact) mass is 425 g/mol. The Labute approximate surface area is 184 Å². The second kappa shape index (κ2) is 6.90. The summed E-state index contributed by atoms with van der Waals surface area (Å²) in [5.74, 6) is -0.464. The first kappa shape index (κ1) is 19.0. The van der Waals surface area contributed by atoms with E-state index < -0.39 is 5.91 Å². The van der Waals surface area contributed by atoms with Crippen LogP contribution in [-0.4, -0.2) is 63.8 Å². The molecule has 7 nitrogen and oxygen atoms in total. The van der Waals surface area contributed by atoms with Gasteiger partial charge in [-0.25, -0.2) is 4.98 Å². The van der Waals surface area contributed by atoms with Crippen molar-refractivity contribution in [1.82, 2.24) is 19.8 Å². The average molecular weight is 425 g/mol. The molecule has 0 aliphatic carbocycles. The normalized spacial score (nSPS) is 20.5. The van der Waals surface area contributed by atoms with Gasteiger partial charge in [-0.1, -0.05) is 30.3 Å². The number of nitrogens with one attached hydrogen (secondary N) is 1. The maximum atomic E-state index is 13.2. The molecule has 160 valence electrons. The van der Waals surface area contributed by atoms with Gasteiger partial charge in [-0.2, -0.15) is 0 Å². The van der Waals surface area contributed by atoms with E-state index in [1.165, 1.54) is 0 Å². The van der Waals surface area contributed by atoms with Crippen LogP contribution >= 0.6 is 0 Å². The van der Waals surface area contributed by atoms with Gasteiger partial charge in [0.25, 0.3) is 11.8 Å². The molecule has 4 heterocycles. The smallest absolute Gasteiger partial charge is 0.254 e. The fourth-order valence-corrected chi connectivity index (χ4v) is 5.22. The first-order chi connectivity index (χ1) is 15.5. The van der Waals surface area contributed by atoms with Crippen molar-refractivity contribution in [3.05, 3.63) is 65.7 Å². The van der Waals surface area contributed by atoms with Crippen molar-refractivity contribution < 1.29 is 9.59 Å². The molecule has 6 rings (SSSR count). The maximum Gasteiger partial charge on any atom is 0.254 e. The number of amides is 2. The summed E-state index contributed by atoms with van der Waals surface area (Å²) in [5.41, 5.74) is 10.4. The fourth-order valence-electron chi connectivity index (χ4n) is 5.22. The highest BCUT2D eigenvalue weighted by molar-refractivity contribution is 6.14. The Bertz CT molecular complexity index is 1390. The maximum absolute atomic E-state index is 13.2. The van der Waals surface area contributed by atoms with Gasteiger partial charge < -0.3 is 15.6 Å². The second-order valence-corrected chi connectivity index (χ2v) is 8.83.